The predicted octanol–water partition coefficient (Wildman–Crippen LogP) is -1.78. The number of aromatic nitrogens is 3. The molecule has 0 saturated carbocycles. The second kappa shape index (κ2) is 5.81. The summed E-state index contributed by atoms with van der Waals surface area (Å²) >= 11 is 0. The Hall–Kier alpha value is -1.96. The zero-order chi connectivity index (χ0) is 12.0. The average molecular weight is 228 g/mol. The van der Waals surface area contributed by atoms with Crippen LogP contribution < -0.4 is 16.6 Å². The van der Waals surface area contributed by atoms with Crippen LogP contribution in [0, 0.1) is 0 Å². The second-order valence-corrected chi connectivity index (χ2v) is 2.96. The van der Waals surface area contributed by atoms with Gasteiger partial charge in [-0.3, -0.25) is 14.6 Å². The van der Waals surface area contributed by atoms with Crippen molar-refractivity contribution in [1.82, 2.24) is 20.5 Å². The summed E-state index contributed by atoms with van der Waals surface area (Å²) in [5.41, 5.74) is -1.93. The van der Waals surface area contributed by atoms with Crippen molar-refractivity contribution >= 4 is 5.91 Å². The Morgan fingerprint density at radius 3 is 2.88 bits per heavy atom. The lowest BCUT2D eigenvalue weighted by atomic mass is 10.4. The minimum absolute atomic E-state index is 0.364. The van der Waals surface area contributed by atoms with E-state index in [2.05, 4.69) is 10.4 Å². The van der Waals surface area contributed by atoms with E-state index >= 15 is 0 Å². The summed E-state index contributed by atoms with van der Waals surface area (Å²) in [4.78, 5) is 35.1. The van der Waals surface area contributed by atoms with Crippen LogP contribution in [0.3, 0.4) is 0 Å². The maximum atomic E-state index is 11.4. The molecule has 0 aliphatic heterocycles. The van der Waals surface area contributed by atoms with E-state index in [1.165, 1.54) is 0 Å². The molecule has 0 fully saturated rings. The van der Waals surface area contributed by atoms with Crippen molar-refractivity contribution in [3.05, 3.63) is 26.5 Å². The van der Waals surface area contributed by atoms with Gasteiger partial charge in [-0.05, 0) is 6.42 Å². The number of carbonyl (C=O) groups excluding carboxylic acids is 1. The van der Waals surface area contributed by atoms with E-state index in [1.54, 1.807) is 7.11 Å². The van der Waals surface area contributed by atoms with Gasteiger partial charge in [-0.25, -0.2) is 9.89 Å². The van der Waals surface area contributed by atoms with E-state index in [1.807, 2.05) is 10.1 Å². The fourth-order valence-electron chi connectivity index (χ4n) is 1.00. The van der Waals surface area contributed by atoms with Crippen molar-refractivity contribution in [1.29, 1.82) is 0 Å². The fourth-order valence-corrected chi connectivity index (χ4v) is 1.00. The lowest BCUT2D eigenvalue weighted by molar-refractivity contribution is 0.0940. The van der Waals surface area contributed by atoms with Gasteiger partial charge in [0.05, 0.1) is 0 Å². The smallest absolute Gasteiger partial charge is 0.342 e. The van der Waals surface area contributed by atoms with Gasteiger partial charge in [-0.2, -0.15) is 5.10 Å². The largest absolute Gasteiger partial charge is 0.385 e. The second-order valence-electron chi connectivity index (χ2n) is 2.96. The molecule has 1 rings (SSSR count). The number of methoxy groups -OCH3 is 1. The number of rotatable bonds is 5. The first-order valence-corrected chi connectivity index (χ1v) is 4.61. The van der Waals surface area contributed by atoms with Crippen LogP contribution in [0.1, 0.15) is 16.9 Å². The Balaban J connectivity index is 2.60. The molecule has 0 atom stereocenters. The van der Waals surface area contributed by atoms with E-state index < -0.39 is 17.2 Å². The van der Waals surface area contributed by atoms with Gasteiger partial charge in [0.15, 0.2) is 0 Å². The molecule has 8 nitrogen and oxygen atoms in total. The number of amides is 1. The molecule has 16 heavy (non-hydrogen) atoms. The zero-order valence-corrected chi connectivity index (χ0v) is 8.70. The summed E-state index contributed by atoms with van der Waals surface area (Å²) in [7, 11) is 1.55. The first kappa shape index (κ1) is 12.1. The maximum absolute atomic E-state index is 11.4. The SMILES string of the molecule is COCCCNC(=O)c1n[nH]c(=O)[nH]c1=O. The number of hydrogen-bond acceptors (Lipinski definition) is 5. The van der Waals surface area contributed by atoms with Gasteiger partial charge in [0, 0.05) is 20.3 Å². The van der Waals surface area contributed by atoms with E-state index in [-0.39, 0.29) is 5.69 Å². The molecule has 0 radical (unpaired) electrons. The molecule has 1 aromatic rings. The number of hydrogen-bond donors (Lipinski definition) is 3. The van der Waals surface area contributed by atoms with E-state index in [4.69, 9.17) is 4.74 Å². The summed E-state index contributed by atoms with van der Waals surface area (Å²) in [5.74, 6) is -0.631. The molecule has 88 valence electrons. The number of carbonyl (C=O) groups is 1. The summed E-state index contributed by atoms with van der Waals surface area (Å²) < 4.78 is 4.79. The molecule has 0 aliphatic carbocycles. The van der Waals surface area contributed by atoms with Crippen LogP contribution in [0.2, 0.25) is 0 Å². The topological polar surface area (TPSA) is 117 Å². The number of H-pyrrole nitrogens is 2. The molecule has 0 aromatic carbocycles. The summed E-state index contributed by atoms with van der Waals surface area (Å²) in [6.45, 7) is 0.878. The molecule has 1 amide bonds. The van der Waals surface area contributed by atoms with E-state index in [0.29, 0.717) is 19.6 Å². The van der Waals surface area contributed by atoms with Crippen LogP contribution in [-0.2, 0) is 4.74 Å². The summed E-state index contributed by atoms with van der Waals surface area (Å²) in [5, 5.41) is 7.80. The minimum Gasteiger partial charge on any atom is -0.385 e. The van der Waals surface area contributed by atoms with E-state index in [9.17, 15) is 14.4 Å². The molecule has 1 heterocycles. The van der Waals surface area contributed by atoms with Crippen LogP contribution in [0.25, 0.3) is 0 Å². The van der Waals surface area contributed by atoms with Crippen molar-refractivity contribution in [2.75, 3.05) is 20.3 Å². The van der Waals surface area contributed by atoms with Crippen molar-refractivity contribution in [2.45, 2.75) is 6.42 Å². The van der Waals surface area contributed by atoms with Gasteiger partial charge in [0.1, 0.15) is 0 Å². The van der Waals surface area contributed by atoms with Crippen LogP contribution in [0.15, 0.2) is 9.59 Å². The zero-order valence-electron chi connectivity index (χ0n) is 8.70. The lowest BCUT2D eigenvalue weighted by Gasteiger charge is -2.02. The molecule has 1 aromatic heterocycles. The van der Waals surface area contributed by atoms with Crippen LogP contribution >= 0.6 is 0 Å². The third kappa shape index (κ3) is 3.31. The first-order valence-electron chi connectivity index (χ1n) is 4.61. The highest BCUT2D eigenvalue weighted by Crippen LogP contribution is 1.82. The van der Waals surface area contributed by atoms with Gasteiger partial charge in [0.2, 0.25) is 5.69 Å². The Bertz CT molecular complexity index is 464. The van der Waals surface area contributed by atoms with Gasteiger partial charge in [-0.15, -0.1) is 0 Å². The third-order valence-electron chi connectivity index (χ3n) is 1.74. The van der Waals surface area contributed by atoms with Gasteiger partial charge >= 0.3 is 5.69 Å². The third-order valence-corrected chi connectivity index (χ3v) is 1.74. The lowest BCUT2D eigenvalue weighted by Crippen LogP contribution is -2.36. The maximum Gasteiger partial charge on any atom is 0.342 e. The van der Waals surface area contributed by atoms with Gasteiger partial charge < -0.3 is 10.1 Å². The molecule has 0 unspecified atom stereocenters. The summed E-state index contributed by atoms with van der Waals surface area (Å²) in [6, 6.07) is 0. The van der Waals surface area contributed by atoms with Crippen molar-refractivity contribution in [2.24, 2.45) is 0 Å². The van der Waals surface area contributed by atoms with Gasteiger partial charge in [-0.1, -0.05) is 0 Å². The predicted molar refractivity (Wildman–Crippen MR) is 54.3 cm³/mol. The molecule has 3 N–H and O–H groups in total. The first-order chi connectivity index (χ1) is 7.65. The highest BCUT2D eigenvalue weighted by Gasteiger charge is 2.11. The molecule has 0 aliphatic rings. The average Bonchev–Trinajstić information content (AvgIpc) is 2.24. The monoisotopic (exact) mass is 228 g/mol. The van der Waals surface area contributed by atoms with Crippen molar-refractivity contribution < 1.29 is 9.53 Å². The number of nitrogens with one attached hydrogen (secondary N) is 3. The molecule has 0 spiro atoms. The Kier molecular flexibility index (Phi) is 4.40. The minimum atomic E-state index is -0.812. The number of aromatic amines is 2. The Labute approximate surface area is 90.0 Å². The van der Waals surface area contributed by atoms with Crippen LogP contribution in [0.4, 0.5) is 0 Å². The summed E-state index contributed by atoms with van der Waals surface area (Å²) in [6.07, 6.45) is 0.628. The fraction of sp³-hybridized carbons (Fsp3) is 0.500. The normalized spacial score (nSPS) is 10.1. The standard InChI is InChI=1S/C8H12N4O4/c1-16-4-2-3-9-6(13)5-7(14)10-8(15)12-11-5/h2-4H2,1H3,(H,9,13)(H2,10,12,14,15). The Morgan fingerprint density at radius 2 is 2.25 bits per heavy atom. The Morgan fingerprint density at radius 1 is 1.50 bits per heavy atom. The van der Waals surface area contributed by atoms with Crippen molar-refractivity contribution in [3.8, 4) is 0 Å². The van der Waals surface area contributed by atoms with Crippen LogP contribution in [0.5, 0.6) is 0 Å². The highest BCUT2D eigenvalue weighted by atomic mass is 16.5. The van der Waals surface area contributed by atoms with Crippen LogP contribution in [-0.4, -0.2) is 41.3 Å². The highest BCUT2D eigenvalue weighted by molar-refractivity contribution is 5.91. The van der Waals surface area contributed by atoms with Gasteiger partial charge in [0.25, 0.3) is 11.5 Å². The molecule has 0 saturated heterocycles. The molecular formula is C8H12N4O4. The molecular weight excluding hydrogens is 216 g/mol. The number of nitrogens with zero attached hydrogens (tertiary/aromatic N) is 1. The quantitative estimate of drug-likeness (QED) is 0.515. The molecule has 0 bridgehead atoms. The van der Waals surface area contributed by atoms with E-state index in [0.717, 1.165) is 0 Å². The number of ether oxygens (including phenoxy) is 1. The molecule has 8 heteroatoms. The van der Waals surface area contributed by atoms with Crippen molar-refractivity contribution in [3.63, 3.8) is 0 Å².